The Balaban J connectivity index is 1.26. The summed E-state index contributed by atoms with van der Waals surface area (Å²) in [6.07, 6.45) is 4.83. The van der Waals surface area contributed by atoms with Crippen molar-refractivity contribution < 1.29 is 4.79 Å². The normalized spacial score (nSPS) is 14.0. The molecule has 0 spiro atoms. The van der Waals surface area contributed by atoms with E-state index in [1.165, 1.54) is 23.2 Å². The van der Waals surface area contributed by atoms with Crippen LogP contribution in [-0.4, -0.2) is 66.3 Å². The second-order valence-corrected chi connectivity index (χ2v) is 8.33. The van der Waals surface area contributed by atoms with E-state index < -0.39 is 11.2 Å². The summed E-state index contributed by atoms with van der Waals surface area (Å²) in [6, 6.07) is 8.66. The van der Waals surface area contributed by atoms with Gasteiger partial charge in [0, 0.05) is 56.4 Å². The van der Waals surface area contributed by atoms with Crippen molar-refractivity contribution in [1.29, 1.82) is 0 Å². The maximum absolute atomic E-state index is 12.7. The predicted molar refractivity (Wildman–Crippen MR) is 126 cm³/mol. The number of rotatable bonds is 5. The molecule has 0 aliphatic carbocycles. The van der Waals surface area contributed by atoms with E-state index >= 15 is 0 Å². The number of carbonyl (C=O) groups excluding carboxylic acids is 1. The van der Waals surface area contributed by atoms with Crippen molar-refractivity contribution in [3.63, 3.8) is 0 Å². The second kappa shape index (κ2) is 9.10. The lowest BCUT2D eigenvalue weighted by atomic mass is 10.2. The van der Waals surface area contributed by atoms with Crippen LogP contribution in [0.4, 0.5) is 5.82 Å². The number of anilines is 1. The number of benzene rings is 1. The molecule has 11 nitrogen and oxygen atoms in total. The van der Waals surface area contributed by atoms with Crippen molar-refractivity contribution in [2.45, 2.75) is 13.0 Å². The lowest BCUT2D eigenvalue weighted by molar-refractivity contribution is -0.131. The van der Waals surface area contributed by atoms with Crippen LogP contribution in [0.5, 0.6) is 0 Å². The maximum Gasteiger partial charge on any atom is 0.328 e. The zero-order valence-corrected chi connectivity index (χ0v) is 18.9. The molecule has 0 bridgehead atoms. The summed E-state index contributed by atoms with van der Waals surface area (Å²) < 4.78 is 3.05. The van der Waals surface area contributed by atoms with Gasteiger partial charge >= 0.3 is 5.69 Å². The van der Waals surface area contributed by atoms with E-state index in [1.54, 1.807) is 21.8 Å². The third-order valence-electron chi connectivity index (χ3n) is 5.79. The summed E-state index contributed by atoms with van der Waals surface area (Å²) in [7, 11) is 0. The summed E-state index contributed by atoms with van der Waals surface area (Å²) >= 11 is 6.13. The number of hydrogen-bond acceptors (Lipinski definition) is 7. The van der Waals surface area contributed by atoms with Crippen LogP contribution in [0.15, 0.2) is 58.6 Å². The van der Waals surface area contributed by atoms with Crippen LogP contribution in [-0.2, 0) is 11.3 Å². The molecule has 0 radical (unpaired) electrons. The smallest absolute Gasteiger partial charge is 0.328 e. The van der Waals surface area contributed by atoms with Gasteiger partial charge in [-0.05, 0) is 18.2 Å². The van der Waals surface area contributed by atoms with E-state index in [0.29, 0.717) is 36.8 Å². The molecule has 4 aromatic rings. The minimum absolute atomic E-state index is 0.0423. The number of aromatic nitrogens is 6. The first-order valence-corrected chi connectivity index (χ1v) is 11.1. The molecule has 12 heteroatoms. The Morgan fingerprint density at radius 2 is 1.91 bits per heavy atom. The van der Waals surface area contributed by atoms with Crippen LogP contribution in [0.2, 0.25) is 5.02 Å². The topological polar surface area (TPSA) is 122 Å². The van der Waals surface area contributed by atoms with Crippen molar-refractivity contribution in [1.82, 2.24) is 34.2 Å². The number of piperazine rings is 1. The highest BCUT2D eigenvalue weighted by molar-refractivity contribution is 6.30. The number of nitrogens with one attached hydrogen (secondary N) is 1. The molecule has 1 saturated heterocycles. The number of fused-ring (bicyclic) bond motifs is 1. The van der Waals surface area contributed by atoms with Gasteiger partial charge < -0.3 is 14.4 Å². The van der Waals surface area contributed by atoms with Crippen LogP contribution in [0.25, 0.3) is 16.7 Å². The van der Waals surface area contributed by atoms with Crippen molar-refractivity contribution >= 4 is 34.4 Å². The summed E-state index contributed by atoms with van der Waals surface area (Å²) in [5.74, 6) is 0.726. The molecule has 0 atom stereocenters. The van der Waals surface area contributed by atoms with Crippen LogP contribution in [0.3, 0.4) is 0 Å². The number of hydrogen-bond donors (Lipinski definition) is 1. The van der Waals surface area contributed by atoms with E-state index in [0.717, 1.165) is 16.9 Å². The van der Waals surface area contributed by atoms with Crippen LogP contribution in [0, 0.1) is 0 Å². The highest BCUT2D eigenvalue weighted by Gasteiger charge is 2.24. The fourth-order valence-electron chi connectivity index (χ4n) is 4.04. The Morgan fingerprint density at radius 1 is 1.09 bits per heavy atom. The van der Waals surface area contributed by atoms with Crippen molar-refractivity contribution in [3.8, 4) is 5.69 Å². The van der Waals surface area contributed by atoms with Gasteiger partial charge in [0.2, 0.25) is 5.91 Å². The molecular weight excluding hydrogens is 460 g/mol. The standard InChI is InChI=1S/C22H21ClN8O3/c23-15-2-1-3-16(12-15)31-21-17(13-26-31)20(24-14-25-21)29-10-8-28(9-11-29)19(33)5-7-30-6-4-18(32)27-22(30)34/h1-4,6,12-14H,5,7-11H2,(H,27,32,34). The molecule has 5 rings (SSSR count). The molecule has 1 aliphatic rings. The Labute approximate surface area is 198 Å². The summed E-state index contributed by atoms with van der Waals surface area (Å²) in [4.78, 5) is 50.6. The molecule has 1 aromatic carbocycles. The van der Waals surface area contributed by atoms with E-state index in [-0.39, 0.29) is 18.9 Å². The molecule has 34 heavy (non-hydrogen) atoms. The van der Waals surface area contributed by atoms with Crippen LogP contribution < -0.4 is 16.1 Å². The molecule has 174 valence electrons. The van der Waals surface area contributed by atoms with Gasteiger partial charge in [-0.3, -0.25) is 14.6 Å². The Morgan fingerprint density at radius 3 is 2.68 bits per heavy atom. The molecule has 0 saturated carbocycles. The summed E-state index contributed by atoms with van der Waals surface area (Å²) in [5, 5.41) is 5.92. The first-order valence-electron chi connectivity index (χ1n) is 10.8. The number of halogens is 1. The number of aryl methyl sites for hydroxylation is 1. The lowest BCUT2D eigenvalue weighted by Gasteiger charge is -2.35. The number of H-pyrrole nitrogens is 1. The predicted octanol–water partition coefficient (Wildman–Crippen LogP) is 1.06. The number of carbonyl (C=O) groups is 1. The van der Waals surface area contributed by atoms with E-state index in [4.69, 9.17) is 11.6 Å². The third kappa shape index (κ3) is 4.29. The zero-order chi connectivity index (χ0) is 23.7. The van der Waals surface area contributed by atoms with Crippen molar-refractivity contribution in [3.05, 3.63) is 74.9 Å². The lowest BCUT2D eigenvalue weighted by Crippen LogP contribution is -2.49. The molecule has 1 N–H and O–H groups in total. The molecule has 1 amide bonds. The molecule has 0 unspecified atom stereocenters. The summed E-state index contributed by atoms with van der Waals surface area (Å²) in [6.45, 7) is 2.50. The van der Waals surface area contributed by atoms with Crippen molar-refractivity contribution in [2.24, 2.45) is 0 Å². The van der Waals surface area contributed by atoms with Gasteiger partial charge in [0.05, 0.1) is 17.3 Å². The van der Waals surface area contributed by atoms with Gasteiger partial charge in [0.1, 0.15) is 12.1 Å². The maximum atomic E-state index is 12.7. The van der Waals surface area contributed by atoms with E-state index in [1.807, 2.05) is 18.2 Å². The number of aromatic amines is 1. The van der Waals surface area contributed by atoms with Gasteiger partial charge in [-0.2, -0.15) is 5.10 Å². The first-order chi connectivity index (χ1) is 16.5. The molecular formula is C22H21ClN8O3. The third-order valence-corrected chi connectivity index (χ3v) is 6.03. The Bertz CT molecular complexity index is 1470. The largest absolute Gasteiger partial charge is 0.352 e. The monoisotopic (exact) mass is 480 g/mol. The zero-order valence-electron chi connectivity index (χ0n) is 18.1. The average Bonchev–Trinajstić information content (AvgIpc) is 3.28. The van der Waals surface area contributed by atoms with Gasteiger partial charge in [0.15, 0.2) is 5.65 Å². The highest BCUT2D eigenvalue weighted by Crippen LogP contribution is 2.26. The average molecular weight is 481 g/mol. The quantitative estimate of drug-likeness (QED) is 0.453. The van der Waals surface area contributed by atoms with E-state index in [2.05, 4.69) is 25.0 Å². The van der Waals surface area contributed by atoms with Gasteiger partial charge in [-0.25, -0.2) is 19.4 Å². The second-order valence-electron chi connectivity index (χ2n) is 7.89. The minimum atomic E-state index is -0.517. The Kier molecular flexibility index (Phi) is 5.84. The van der Waals surface area contributed by atoms with Crippen LogP contribution in [0.1, 0.15) is 6.42 Å². The fraction of sp³-hybridized carbons (Fsp3) is 0.273. The van der Waals surface area contributed by atoms with Gasteiger partial charge in [-0.15, -0.1) is 0 Å². The van der Waals surface area contributed by atoms with E-state index in [9.17, 15) is 14.4 Å². The first kappa shape index (κ1) is 21.8. The fourth-order valence-corrected chi connectivity index (χ4v) is 4.23. The molecule has 3 aromatic heterocycles. The molecule has 1 fully saturated rings. The number of nitrogens with zero attached hydrogens (tertiary/aromatic N) is 7. The highest BCUT2D eigenvalue weighted by atomic mass is 35.5. The summed E-state index contributed by atoms with van der Waals surface area (Å²) in [5.41, 5.74) is 0.512. The van der Waals surface area contributed by atoms with Gasteiger partial charge in [-0.1, -0.05) is 17.7 Å². The Hall–Kier alpha value is -3.99. The number of amides is 1. The van der Waals surface area contributed by atoms with Gasteiger partial charge in [0.25, 0.3) is 5.56 Å². The SMILES string of the molecule is O=C(CCn1ccc(=O)[nH]c1=O)N1CCN(c2ncnc3c2cnn3-c2cccc(Cl)c2)CC1. The van der Waals surface area contributed by atoms with Crippen LogP contribution >= 0.6 is 11.6 Å². The molecule has 1 aliphatic heterocycles. The van der Waals surface area contributed by atoms with Crippen molar-refractivity contribution in [2.75, 3.05) is 31.1 Å². The molecule has 4 heterocycles. The minimum Gasteiger partial charge on any atom is -0.352 e.